The SMILES string of the molecule is CCCC1CCCN(CC(NCC)C(C)(C)C)CC1. The largest absolute Gasteiger partial charge is 0.312 e. The zero-order valence-electron chi connectivity index (χ0n) is 14.0. The van der Waals surface area contributed by atoms with Gasteiger partial charge in [-0.1, -0.05) is 47.5 Å². The number of likely N-dealkylation sites (tertiary alicyclic amines) is 1. The zero-order valence-corrected chi connectivity index (χ0v) is 14.0. The van der Waals surface area contributed by atoms with E-state index in [0.717, 1.165) is 12.5 Å². The summed E-state index contributed by atoms with van der Waals surface area (Å²) >= 11 is 0. The summed E-state index contributed by atoms with van der Waals surface area (Å²) in [6.45, 7) is 16.5. The van der Waals surface area contributed by atoms with E-state index in [2.05, 4.69) is 44.8 Å². The molecule has 1 aliphatic rings. The highest BCUT2D eigenvalue weighted by Gasteiger charge is 2.26. The second-order valence-corrected chi connectivity index (χ2v) is 7.36. The van der Waals surface area contributed by atoms with Crippen LogP contribution in [-0.2, 0) is 0 Å². The van der Waals surface area contributed by atoms with Crippen LogP contribution < -0.4 is 5.32 Å². The maximum absolute atomic E-state index is 3.68. The molecule has 0 aromatic heterocycles. The predicted octanol–water partition coefficient (Wildman–Crippen LogP) is 3.91. The van der Waals surface area contributed by atoms with Crippen LogP contribution in [0.15, 0.2) is 0 Å². The summed E-state index contributed by atoms with van der Waals surface area (Å²) in [6.07, 6.45) is 7.05. The first-order valence-electron chi connectivity index (χ1n) is 8.43. The van der Waals surface area contributed by atoms with Gasteiger partial charge in [-0.15, -0.1) is 0 Å². The van der Waals surface area contributed by atoms with Crippen molar-refractivity contribution in [2.75, 3.05) is 26.2 Å². The fourth-order valence-corrected chi connectivity index (χ4v) is 3.25. The van der Waals surface area contributed by atoms with Crippen LogP contribution in [0.5, 0.6) is 0 Å². The molecule has 0 aromatic carbocycles. The van der Waals surface area contributed by atoms with Crippen molar-refractivity contribution in [3.05, 3.63) is 0 Å². The standard InChI is InChI=1S/C17H36N2/c1-6-9-15-10-8-12-19(13-11-15)14-16(18-7-2)17(3,4)5/h15-16,18H,6-14H2,1-5H3. The molecule has 0 bridgehead atoms. The Morgan fingerprint density at radius 3 is 2.47 bits per heavy atom. The lowest BCUT2D eigenvalue weighted by Crippen LogP contribution is -2.48. The Balaban J connectivity index is 2.46. The highest BCUT2D eigenvalue weighted by Crippen LogP contribution is 2.24. The quantitative estimate of drug-likeness (QED) is 0.785. The van der Waals surface area contributed by atoms with Gasteiger partial charge in [0.15, 0.2) is 0 Å². The van der Waals surface area contributed by atoms with Gasteiger partial charge in [0, 0.05) is 12.6 Å². The Hall–Kier alpha value is -0.0800. The first-order chi connectivity index (χ1) is 8.97. The van der Waals surface area contributed by atoms with Crippen molar-refractivity contribution in [3.8, 4) is 0 Å². The van der Waals surface area contributed by atoms with Crippen LogP contribution in [0, 0.1) is 11.3 Å². The number of likely N-dealkylation sites (N-methyl/N-ethyl adjacent to an activating group) is 1. The third-order valence-corrected chi connectivity index (χ3v) is 4.57. The maximum Gasteiger partial charge on any atom is 0.0243 e. The molecule has 19 heavy (non-hydrogen) atoms. The molecule has 114 valence electrons. The van der Waals surface area contributed by atoms with E-state index in [1.807, 2.05) is 0 Å². The van der Waals surface area contributed by atoms with Gasteiger partial charge in [0.05, 0.1) is 0 Å². The van der Waals surface area contributed by atoms with E-state index in [0.29, 0.717) is 11.5 Å². The van der Waals surface area contributed by atoms with Crippen LogP contribution in [0.25, 0.3) is 0 Å². The van der Waals surface area contributed by atoms with Gasteiger partial charge < -0.3 is 10.2 Å². The van der Waals surface area contributed by atoms with E-state index in [4.69, 9.17) is 0 Å². The third kappa shape index (κ3) is 6.27. The topological polar surface area (TPSA) is 15.3 Å². The first kappa shape index (κ1) is 17.0. The summed E-state index contributed by atoms with van der Waals surface area (Å²) in [7, 11) is 0. The number of hydrogen-bond acceptors (Lipinski definition) is 2. The van der Waals surface area contributed by atoms with Gasteiger partial charge in [-0.3, -0.25) is 0 Å². The summed E-state index contributed by atoms with van der Waals surface area (Å²) in [6, 6.07) is 0.611. The Kier molecular flexibility index (Phi) is 7.38. The number of nitrogens with one attached hydrogen (secondary N) is 1. The molecule has 0 amide bonds. The molecule has 2 nitrogen and oxygen atoms in total. The molecule has 2 unspecified atom stereocenters. The molecule has 2 heteroatoms. The molecular weight excluding hydrogens is 232 g/mol. The van der Waals surface area contributed by atoms with E-state index in [9.17, 15) is 0 Å². The number of hydrogen-bond donors (Lipinski definition) is 1. The van der Waals surface area contributed by atoms with E-state index in [1.165, 1.54) is 51.7 Å². The minimum atomic E-state index is 0.352. The lowest BCUT2D eigenvalue weighted by molar-refractivity contribution is 0.176. The van der Waals surface area contributed by atoms with Gasteiger partial charge in [-0.2, -0.15) is 0 Å². The van der Waals surface area contributed by atoms with Gasteiger partial charge >= 0.3 is 0 Å². The van der Waals surface area contributed by atoms with Gasteiger partial charge in [-0.05, 0) is 50.2 Å². The molecule has 0 aliphatic carbocycles. The van der Waals surface area contributed by atoms with Gasteiger partial charge in [-0.25, -0.2) is 0 Å². The second-order valence-electron chi connectivity index (χ2n) is 7.36. The minimum absolute atomic E-state index is 0.352. The summed E-state index contributed by atoms with van der Waals surface area (Å²) in [5.74, 6) is 0.988. The summed E-state index contributed by atoms with van der Waals surface area (Å²) in [5.41, 5.74) is 0.352. The third-order valence-electron chi connectivity index (χ3n) is 4.57. The van der Waals surface area contributed by atoms with E-state index in [-0.39, 0.29) is 0 Å². The molecule has 0 saturated carbocycles. The second kappa shape index (κ2) is 8.26. The van der Waals surface area contributed by atoms with Crippen LogP contribution >= 0.6 is 0 Å². The Morgan fingerprint density at radius 2 is 1.89 bits per heavy atom. The van der Waals surface area contributed by atoms with Crippen molar-refractivity contribution >= 4 is 0 Å². The van der Waals surface area contributed by atoms with Gasteiger partial charge in [0.25, 0.3) is 0 Å². The minimum Gasteiger partial charge on any atom is -0.312 e. The molecule has 2 atom stereocenters. The van der Waals surface area contributed by atoms with Crippen molar-refractivity contribution in [2.45, 2.75) is 72.8 Å². The number of rotatable bonds is 6. The van der Waals surface area contributed by atoms with Crippen LogP contribution in [0.1, 0.15) is 66.7 Å². The van der Waals surface area contributed by atoms with Crippen molar-refractivity contribution in [3.63, 3.8) is 0 Å². The molecule has 1 fully saturated rings. The normalized spacial score (nSPS) is 24.2. The molecule has 0 aromatic rings. The highest BCUT2D eigenvalue weighted by molar-refractivity contribution is 4.84. The Labute approximate surface area is 121 Å². The molecule has 1 saturated heterocycles. The van der Waals surface area contributed by atoms with Crippen LogP contribution in [0.3, 0.4) is 0 Å². The number of nitrogens with zero attached hydrogens (tertiary/aromatic N) is 1. The Bertz CT molecular complexity index is 232. The van der Waals surface area contributed by atoms with Crippen molar-refractivity contribution < 1.29 is 0 Å². The average Bonchev–Trinajstić information content (AvgIpc) is 2.54. The molecule has 1 rings (SSSR count). The molecule has 0 spiro atoms. The molecular formula is C17H36N2. The van der Waals surface area contributed by atoms with Gasteiger partial charge in [0.2, 0.25) is 0 Å². The fourth-order valence-electron chi connectivity index (χ4n) is 3.25. The van der Waals surface area contributed by atoms with Gasteiger partial charge in [0.1, 0.15) is 0 Å². The fraction of sp³-hybridized carbons (Fsp3) is 1.00. The first-order valence-corrected chi connectivity index (χ1v) is 8.43. The zero-order chi connectivity index (χ0) is 14.3. The van der Waals surface area contributed by atoms with Crippen molar-refractivity contribution in [2.24, 2.45) is 11.3 Å². The van der Waals surface area contributed by atoms with E-state index in [1.54, 1.807) is 0 Å². The smallest absolute Gasteiger partial charge is 0.0243 e. The summed E-state index contributed by atoms with van der Waals surface area (Å²) < 4.78 is 0. The molecule has 1 aliphatic heterocycles. The van der Waals surface area contributed by atoms with E-state index >= 15 is 0 Å². The van der Waals surface area contributed by atoms with Crippen molar-refractivity contribution in [1.29, 1.82) is 0 Å². The van der Waals surface area contributed by atoms with Crippen LogP contribution in [0.4, 0.5) is 0 Å². The highest BCUT2D eigenvalue weighted by atomic mass is 15.2. The predicted molar refractivity (Wildman–Crippen MR) is 85.6 cm³/mol. The summed E-state index contributed by atoms with van der Waals surface area (Å²) in [5, 5.41) is 3.68. The molecule has 0 radical (unpaired) electrons. The monoisotopic (exact) mass is 268 g/mol. The average molecular weight is 268 g/mol. The lowest BCUT2D eigenvalue weighted by atomic mass is 9.86. The molecule has 1 heterocycles. The molecule has 1 N–H and O–H groups in total. The maximum atomic E-state index is 3.68. The lowest BCUT2D eigenvalue weighted by Gasteiger charge is -2.35. The van der Waals surface area contributed by atoms with Crippen molar-refractivity contribution in [1.82, 2.24) is 10.2 Å². The van der Waals surface area contributed by atoms with Crippen LogP contribution in [0.2, 0.25) is 0 Å². The van der Waals surface area contributed by atoms with Crippen LogP contribution in [-0.4, -0.2) is 37.1 Å². The Morgan fingerprint density at radius 1 is 1.16 bits per heavy atom. The van der Waals surface area contributed by atoms with E-state index < -0.39 is 0 Å². The summed E-state index contributed by atoms with van der Waals surface area (Å²) in [4.78, 5) is 2.70.